The quantitative estimate of drug-likeness (QED) is 0.740. The Labute approximate surface area is 141 Å². The van der Waals surface area contributed by atoms with E-state index in [1.807, 2.05) is 45.1 Å². The van der Waals surface area contributed by atoms with Gasteiger partial charge in [-0.05, 0) is 45.4 Å². The Morgan fingerprint density at radius 1 is 1.32 bits per heavy atom. The van der Waals surface area contributed by atoms with Crippen LogP contribution in [0.2, 0.25) is 0 Å². The summed E-state index contributed by atoms with van der Waals surface area (Å²) >= 11 is 3.47. The molecule has 22 heavy (non-hydrogen) atoms. The van der Waals surface area contributed by atoms with Crippen LogP contribution in [0.15, 0.2) is 40.9 Å². The van der Waals surface area contributed by atoms with Gasteiger partial charge in [-0.1, -0.05) is 40.2 Å². The molecule has 0 saturated carbocycles. The predicted octanol–water partition coefficient (Wildman–Crippen LogP) is 4.18. The molecule has 4 nitrogen and oxygen atoms in total. The molecule has 0 radical (unpaired) electrons. The molecule has 1 unspecified atom stereocenters. The Kier molecular flexibility index (Phi) is 7.62. The van der Waals surface area contributed by atoms with E-state index in [9.17, 15) is 4.79 Å². The molecule has 0 aliphatic heterocycles. The third-order valence-electron chi connectivity index (χ3n) is 2.82. The first-order chi connectivity index (χ1) is 10.3. The SMILES string of the molecule is CC(NC/C=C/CNC(=O)OC(C)(C)C)c1cccc(Br)c1. The van der Waals surface area contributed by atoms with Crippen molar-refractivity contribution in [3.63, 3.8) is 0 Å². The first-order valence-electron chi connectivity index (χ1n) is 7.38. The van der Waals surface area contributed by atoms with Crippen LogP contribution in [0.4, 0.5) is 4.79 Å². The second-order valence-corrected chi connectivity index (χ2v) is 6.95. The molecule has 1 rings (SSSR count). The van der Waals surface area contributed by atoms with Crippen LogP contribution < -0.4 is 10.6 Å². The zero-order chi connectivity index (χ0) is 16.6. The number of carbonyl (C=O) groups is 1. The number of nitrogens with one attached hydrogen (secondary N) is 2. The molecule has 0 aliphatic carbocycles. The van der Waals surface area contributed by atoms with Gasteiger partial charge in [0.2, 0.25) is 0 Å². The maximum absolute atomic E-state index is 11.4. The van der Waals surface area contributed by atoms with E-state index in [0.717, 1.165) is 11.0 Å². The van der Waals surface area contributed by atoms with Gasteiger partial charge in [-0.3, -0.25) is 0 Å². The van der Waals surface area contributed by atoms with Crippen LogP contribution in [-0.2, 0) is 4.74 Å². The largest absolute Gasteiger partial charge is 0.444 e. The Morgan fingerprint density at radius 2 is 2.00 bits per heavy atom. The van der Waals surface area contributed by atoms with E-state index in [4.69, 9.17) is 4.74 Å². The highest BCUT2D eigenvalue weighted by molar-refractivity contribution is 9.10. The number of rotatable bonds is 6. The summed E-state index contributed by atoms with van der Waals surface area (Å²) in [6.07, 6.45) is 3.50. The van der Waals surface area contributed by atoms with Crippen LogP contribution in [0.25, 0.3) is 0 Å². The molecule has 1 atom stereocenters. The second-order valence-electron chi connectivity index (χ2n) is 6.04. The van der Waals surface area contributed by atoms with Crippen molar-refractivity contribution in [2.75, 3.05) is 13.1 Å². The number of amides is 1. The average molecular weight is 369 g/mol. The smallest absolute Gasteiger partial charge is 0.407 e. The fourth-order valence-corrected chi connectivity index (χ4v) is 2.18. The summed E-state index contributed by atoms with van der Waals surface area (Å²) in [5.41, 5.74) is 0.768. The summed E-state index contributed by atoms with van der Waals surface area (Å²) < 4.78 is 6.23. The van der Waals surface area contributed by atoms with Crippen molar-refractivity contribution in [3.05, 3.63) is 46.5 Å². The van der Waals surface area contributed by atoms with Crippen LogP contribution in [0.3, 0.4) is 0 Å². The fourth-order valence-electron chi connectivity index (χ4n) is 1.76. The lowest BCUT2D eigenvalue weighted by molar-refractivity contribution is 0.0534. The number of benzene rings is 1. The highest BCUT2D eigenvalue weighted by Crippen LogP contribution is 2.17. The van der Waals surface area contributed by atoms with Gasteiger partial charge in [0.1, 0.15) is 5.60 Å². The van der Waals surface area contributed by atoms with Crippen molar-refractivity contribution in [1.82, 2.24) is 10.6 Å². The van der Waals surface area contributed by atoms with Crippen LogP contribution in [0.5, 0.6) is 0 Å². The Bertz CT molecular complexity index is 510. The van der Waals surface area contributed by atoms with Crippen molar-refractivity contribution in [2.24, 2.45) is 0 Å². The third-order valence-corrected chi connectivity index (χ3v) is 3.31. The molecule has 122 valence electrons. The molecule has 0 saturated heterocycles. The lowest BCUT2D eigenvalue weighted by Gasteiger charge is -2.19. The summed E-state index contributed by atoms with van der Waals surface area (Å²) in [7, 11) is 0. The topological polar surface area (TPSA) is 50.4 Å². The molecule has 1 aromatic carbocycles. The molecule has 0 bridgehead atoms. The monoisotopic (exact) mass is 368 g/mol. The van der Waals surface area contributed by atoms with Gasteiger partial charge in [-0.15, -0.1) is 0 Å². The van der Waals surface area contributed by atoms with Crippen molar-refractivity contribution >= 4 is 22.0 Å². The summed E-state index contributed by atoms with van der Waals surface area (Å²) in [6, 6.07) is 8.50. The van der Waals surface area contributed by atoms with Gasteiger partial charge in [0, 0.05) is 23.6 Å². The van der Waals surface area contributed by atoms with Crippen molar-refractivity contribution in [2.45, 2.75) is 39.3 Å². The molecule has 0 heterocycles. The first-order valence-corrected chi connectivity index (χ1v) is 8.18. The van der Waals surface area contributed by atoms with E-state index in [1.165, 1.54) is 5.56 Å². The van der Waals surface area contributed by atoms with E-state index in [0.29, 0.717) is 6.54 Å². The van der Waals surface area contributed by atoms with E-state index in [-0.39, 0.29) is 6.04 Å². The van der Waals surface area contributed by atoms with Crippen LogP contribution in [0, 0.1) is 0 Å². The average Bonchev–Trinajstić information content (AvgIpc) is 2.40. The fraction of sp³-hybridized carbons (Fsp3) is 0.471. The lowest BCUT2D eigenvalue weighted by Crippen LogP contribution is -2.32. The summed E-state index contributed by atoms with van der Waals surface area (Å²) in [4.78, 5) is 11.4. The standard InChI is InChI=1S/C17H25BrN2O2/c1-13(14-8-7-9-15(18)12-14)19-10-5-6-11-20-16(21)22-17(2,3)4/h5-9,12-13,19H,10-11H2,1-4H3,(H,20,21)/b6-5+. The molecule has 1 aromatic rings. The van der Waals surface area contributed by atoms with Crippen LogP contribution in [-0.4, -0.2) is 24.8 Å². The molecular weight excluding hydrogens is 344 g/mol. The highest BCUT2D eigenvalue weighted by atomic mass is 79.9. The van der Waals surface area contributed by atoms with E-state index >= 15 is 0 Å². The summed E-state index contributed by atoms with van der Waals surface area (Å²) in [5, 5.41) is 6.09. The van der Waals surface area contributed by atoms with Crippen molar-refractivity contribution in [1.29, 1.82) is 0 Å². The molecule has 2 N–H and O–H groups in total. The second kappa shape index (κ2) is 8.96. The van der Waals surface area contributed by atoms with E-state index in [1.54, 1.807) is 0 Å². The van der Waals surface area contributed by atoms with Crippen molar-refractivity contribution < 1.29 is 9.53 Å². The molecule has 0 aliphatic rings. The van der Waals surface area contributed by atoms with Gasteiger partial charge in [0.05, 0.1) is 0 Å². The normalized spacial score (nSPS) is 13.1. The van der Waals surface area contributed by atoms with Gasteiger partial charge in [-0.25, -0.2) is 4.79 Å². The maximum atomic E-state index is 11.4. The molecule has 1 amide bonds. The maximum Gasteiger partial charge on any atom is 0.407 e. The van der Waals surface area contributed by atoms with Gasteiger partial charge in [-0.2, -0.15) is 0 Å². The minimum Gasteiger partial charge on any atom is -0.444 e. The van der Waals surface area contributed by atoms with Crippen molar-refractivity contribution in [3.8, 4) is 0 Å². The Hall–Kier alpha value is -1.33. The summed E-state index contributed by atoms with van der Waals surface area (Å²) in [5.74, 6) is 0. The minimum absolute atomic E-state index is 0.265. The number of hydrogen-bond donors (Lipinski definition) is 2. The number of halogens is 1. The van der Waals surface area contributed by atoms with Gasteiger partial charge >= 0.3 is 6.09 Å². The van der Waals surface area contributed by atoms with Gasteiger partial charge in [0.15, 0.2) is 0 Å². The van der Waals surface area contributed by atoms with Gasteiger partial charge in [0.25, 0.3) is 0 Å². The molecule has 0 aromatic heterocycles. The van der Waals surface area contributed by atoms with E-state index < -0.39 is 11.7 Å². The Morgan fingerprint density at radius 3 is 2.64 bits per heavy atom. The molecule has 5 heteroatoms. The third kappa shape index (κ3) is 8.20. The van der Waals surface area contributed by atoms with Gasteiger partial charge < -0.3 is 15.4 Å². The number of carbonyl (C=O) groups excluding carboxylic acids is 1. The predicted molar refractivity (Wildman–Crippen MR) is 93.9 cm³/mol. The van der Waals surface area contributed by atoms with Crippen LogP contribution in [0.1, 0.15) is 39.3 Å². The Balaban J connectivity index is 2.22. The van der Waals surface area contributed by atoms with E-state index in [2.05, 4.69) is 45.6 Å². The summed E-state index contributed by atoms with van der Waals surface area (Å²) in [6.45, 7) is 8.85. The first kappa shape index (κ1) is 18.7. The zero-order valence-electron chi connectivity index (χ0n) is 13.7. The number of hydrogen-bond acceptors (Lipinski definition) is 3. The molecule has 0 fully saturated rings. The lowest BCUT2D eigenvalue weighted by atomic mass is 10.1. The minimum atomic E-state index is -0.464. The number of alkyl carbamates (subject to hydrolysis) is 1. The van der Waals surface area contributed by atoms with Crippen LogP contribution >= 0.6 is 15.9 Å². The molecule has 0 spiro atoms. The number of ether oxygens (including phenoxy) is 1. The molecular formula is C17H25BrN2O2. The zero-order valence-corrected chi connectivity index (χ0v) is 15.2. The highest BCUT2D eigenvalue weighted by Gasteiger charge is 2.14.